The lowest BCUT2D eigenvalue weighted by atomic mass is 10.0. The van der Waals surface area contributed by atoms with Gasteiger partial charge in [-0.1, -0.05) is 23.5 Å². The van der Waals surface area contributed by atoms with E-state index < -0.39 is 0 Å². The van der Waals surface area contributed by atoms with Crippen molar-refractivity contribution >= 4 is 11.8 Å². The van der Waals surface area contributed by atoms with Crippen LogP contribution in [0.4, 0.5) is 0 Å². The minimum Gasteiger partial charge on any atom is -0.395 e. The maximum absolute atomic E-state index is 12.6. The fourth-order valence-corrected chi connectivity index (χ4v) is 2.14. The third-order valence-electron chi connectivity index (χ3n) is 3.19. The van der Waals surface area contributed by atoms with Gasteiger partial charge in [-0.25, -0.2) is 0 Å². The van der Waals surface area contributed by atoms with E-state index in [0.717, 1.165) is 5.56 Å². The molecular weight excluding hydrogens is 268 g/mol. The highest BCUT2D eigenvalue weighted by molar-refractivity contribution is 5.99. The summed E-state index contributed by atoms with van der Waals surface area (Å²) < 4.78 is 0. The second kappa shape index (κ2) is 6.91. The Balaban J connectivity index is 2.28. The van der Waals surface area contributed by atoms with E-state index in [0.29, 0.717) is 30.6 Å². The van der Waals surface area contributed by atoms with Crippen LogP contribution in [0.3, 0.4) is 0 Å². The van der Waals surface area contributed by atoms with Gasteiger partial charge in [-0.2, -0.15) is 0 Å². The molecule has 2 N–H and O–H groups in total. The molecule has 1 heterocycles. The molecule has 1 aromatic rings. The summed E-state index contributed by atoms with van der Waals surface area (Å²) in [7, 11) is 0. The van der Waals surface area contributed by atoms with Gasteiger partial charge in [-0.15, -0.1) is 0 Å². The molecular formula is C16H18N2O3. The molecule has 1 aliphatic heterocycles. The smallest absolute Gasteiger partial charge is 0.255 e. The number of carbonyl (C=O) groups is 2. The summed E-state index contributed by atoms with van der Waals surface area (Å²) in [6.07, 6.45) is 0.369. The summed E-state index contributed by atoms with van der Waals surface area (Å²) in [6.45, 7) is 2.96. The van der Waals surface area contributed by atoms with Crippen molar-refractivity contribution in [2.24, 2.45) is 0 Å². The van der Waals surface area contributed by atoms with Crippen LogP contribution in [0.2, 0.25) is 0 Å². The van der Waals surface area contributed by atoms with Crippen molar-refractivity contribution in [3.05, 3.63) is 34.9 Å². The molecule has 1 fully saturated rings. The van der Waals surface area contributed by atoms with Crippen LogP contribution in [0.25, 0.3) is 0 Å². The zero-order chi connectivity index (χ0) is 15.2. The predicted octanol–water partition coefficient (Wildman–Crippen LogP) is 0.301. The number of aryl methyl sites for hydroxylation is 1. The third-order valence-corrected chi connectivity index (χ3v) is 3.19. The molecule has 0 radical (unpaired) electrons. The van der Waals surface area contributed by atoms with Crippen LogP contribution < -0.4 is 5.32 Å². The van der Waals surface area contributed by atoms with E-state index in [1.165, 1.54) is 4.90 Å². The van der Waals surface area contributed by atoms with Crippen molar-refractivity contribution in [2.45, 2.75) is 13.3 Å². The molecule has 0 spiro atoms. The van der Waals surface area contributed by atoms with Crippen LogP contribution in [0, 0.1) is 18.8 Å². The average molecular weight is 286 g/mol. The first-order valence-electron chi connectivity index (χ1n) is 6.88. The van der Waals surface area contributed by atoms with E-state index in [9.17, 15) is 9.59 Å². The number of aliphatic hydroxyl groups excluding tert-OH is 1. The Morgan fingerprint density at radius 1 is 1.48 bits per heavy atom. The van der Waals surface area contributed by atoms with E-state index in [1.54, 1.807) is 12.1 Å². The zero-order valence-corrected chi connectivity index (χ0v) is 12.0. The highest BCUT2D eigenvalue weighted by Gasteiger charge is 2.23. The second-order valence-electron chi connectivity index (χ2n) is 4.90. The van der Waals surface area contributed by atoms with E-state index >= 15 is 0 Å². The molecule has 2 rings (SSSR count). The van der Waals surface area contributed by atoms with Crippen molar-refractivity contribution in [3.63, 3.8) is 0 Å². The summed E-state index contributed by atoms with van der Waals surface area (Å²) in [5.41, 5.74) is 2.10. The van der Waals surface area contributed by atoms with Crippen LogP contribution in [0.15, 0.2) is 18.2 Å². The highest BCUT2D eigenvalue weighted by atomic mass is 16.2. The van der Waals surface area contributed by atoms with Gasteiger partial charge in [0.15, 0.2) is 0 Å². The second-order valence-corrected chi connectivity index (χ2v) is 4.90. The molecule has 0 aromatic heterocycles. The Morgan fingerprint density at radius 2 is 2.29 bits per heavy atom. The molecule has 0 bridgehead atoms. The van der Waals surface area contributed by atoms with Crippen molar-refractivity contribution in [1.82, 2.24) is 10.2 Å². The standard InChI is InChI=1S/C16H18N2O3/c1-12-5-6-13(4-2-3-9-19)14(10-12)16(21)18-8-7-17-15(20)11-18/h5-6,10,19H,3,7-9,11H2,1H3,(H,17,20). The summed E-state index contributed by atoms with van der Waals surface area (Å²) in [5.74, 6) is 5.42. The molecule has 1 saturated heterocycles. The molecule has 5 heteroatoms. The van der Waals surface area contributed by atoms with Gasteiger partial charge in [0.25, 0.3) is 5.91 Å². The van der Waals surface area contributed by atoms with E-state index in [1.807, 2.05) is 13.0 Å². The lowest BCUT2D eigenvalue weighted by molar-refractivity contribution is -0.123. The Kier molecular flexibility index (Phi) is 4.96. The van der Waals surface area contributed by atoms with Crippen molar-refractivity contribution in [2.75, 3.05) is 26.2 Å². The highest BCUT2D eigenvalue weighted by Crippen LogP contribution is 2.14. The van der Waals surface area contributed by atoms with Gasteiger partial charge < -0.3 is 15.3 Å². The third kappa shape index (κ3) is 3.83. The first-order valence-corrected chi connectivity index (χ1v) is 6.88. The van der Waals surface area contributed by atoms with E-state index in [-0.39, 0.29) is 25.0 Å². The monoisotopic (exact) mass is 286 g/mol. The normalized spacial score (nSPS) is 14.2. The number of nitrogens with zero attached hydrogens (tertiary/aromatic N) is 1. The molecule has 0 aliphatic carbocycles. The molecule has 5 nitrogen and oxygen atoms in total. The number of rotatable bonds is 2. The fraction of sp³-hybridized carbons (Fsp3) is 0.375. The summed E-state index contributed by atoms with van der Waals surface area (Å²) in [4.78, 5) is 25.5. The van der Waals surface area contributed by atoms with Crippen LogP contribution in [0.1, 0.15) is 27.9 Å². The molecule has 2 amide bonds. The Labute approximate surface area is 124 Å². The summed E-state index contributed by atoms with van der Waals surface area (Å²) in [5, 5.41) is 11.5. The average Bonchev–Trinajstić information content (AvgIpc) is 2.48. The van der Waals surface area contributed by atoms with Crippen molar-refractivity contribution < 1.29 is 14.7 Å². The van der Waals surface area contributed by atoms with Gasteiger partial charge in [-0.05, 0) is 19.1 Å². The Hall–Kier alpha value is -2.32. The lowest BCUT2D eigenvalue weighted by Crippen LogP contribution is -2.50. The minimum absolute atomic E-state index is 0.00552. The lowest BCUT2D eigenvalue weighted by Gasteiger charge is -2.27. The zero-order valence-electron chi connectivity index (χ0n) is 12.0. The largest absolute Gasteiger partial charge is 0.395 e. The van der Waals surface area contributed by atoms with Gasteiger partial charge in [-0.3, -0.25) is 9.59 Å². The number of nitrogens with one attached hydrogen (secondary N) is 1. The number of aliphatic hydroxyl groups is 1. The Bertz CT molecular complexity index is 614. The maximum atomic E-state index is 12.6. The minimum atomic E-state index is -0.179. The first-order chi connectivity index (χ1) is 10.1. The maximum Gasteiger partial charge on any atom is 0.255 e. The van der Waals surface area contributed by atoms with Gasteiger partial charge in [0.2, 0.25) is 5.91 Å². The number of amides is 2. The van der Waals surface area contributed by atoms with Crippen molar-refractivity contribution in [3.8, 4) is 11.8 Å². The van der Waals surface area contributed by atoms with E-state index in [2.05, 4.69) is 17.2 Å². The molecule has 21 heavy (non-hydrogen) atoms. The van der Waals surface area contributed by atoms with Gasteiger partial charge in [0.05, 0.1) is 18.7 Å². The van der Waals surface area contributed by atoms with Crippen LogP contribution in [0.5, 0.6) is 0 Å². The SMILES string of the molecule is Cc1ccc(C#CCCO)c(C(=O)N2CCNC(=O)C2)c1. The molecule has 0 unspecified atom stereocenters. The topological polar surface area (TPSA) is 69.6 Å². The quantitative estimate of drug-likeness (QED) is 0.768. The number of hydrogen-bond acceptors (Lipinski definition) is 3. The molecule has 0 saturated carbocycles. The van der Waals surface area contributed by atoms with Crippen LogP contribution in [-0.4, -0.2) is 48.1 Å². The van der Waals surface area contributed by atoms with Crippen LogP contribution in [-0.2, 0) is 4.79 Å². The Morgan fingerprint density at radius 3 is 3.00 bits per heavy atom. The summed E-state index contributed by atoms with van der Waals surface area (Å²) >= 11 is 0. The summed E-state index contributed by atoms with van der Waals surface area (Å²) in [6, 6.07) is 5.48. The molecule has 1 aromatic carbocycles. The van der Waals surface area contributed by atoms with Crippen LogP contribution >= 0.6 is 0 Å². The number of benzene rings is 1. The molecule has 1 aliphatic rings. The van der Waals surface area contributed by atoms with Gasteiger partial charge in [0, 0.05) is 25.1 Å². The van der Waals surface area contributed by atoms with Crippen molar-refractivity contribution in [1.29, 1.82) is 0 Å². The number of carbonyl (C=O) groups excluding carboxylic acids is 2. The number of piperazine rings is 1. The fourth-order valence-electron chi connectivity index (χ4n) is 2.14. The van der Waals surface area contributed by atoms with E-state index in [4.69, 9.17) is 5.11 Å². The number of hydrogen-bond donors (Lipinski definition) is 2. The predicted molar refractivity (Wildman–Crippen MR) is 78.7 cm³/mol. The molecule has 110 valence electrons. The van der Waals surface area contributed by atoms with Gasteiger partial charge in [0.1, 0.15) is 0 Å². The first kappa shape index (κ1) is 15.1. The van der Waals surface area contributed by atoms with Gasteiger partial charge >= 0.3 is 0 Å². The molecule has 0 atom stereocenters.